The van der Waals surface area contributed by atoms with Crippen molar-refractivity contribution in [3.63, 3.8) is 0 Å². The molecule has 2 saturated heterocycles. The summed E-state index contributed by atoms with van der Waals surface area (Å²) in [6.07, 6.45) is -3.80. The molecule has 2 aliphatic heterocycles. The summed E-state index contributed by atoms with van der Waals surface area (Å²) in [6, 6.07) is 2.22. The van der Waals surface area contributed by atoms with Crippen molar-refractivity contribution in [2.75, 3.05) is 13.2 Å². The van der Waals surface area contributed by atoms with Crippen molar-refractivity contribution in [3.05, 3.63) is 56.8 Å². The molecular formula is C23H21F5N2O3S. The van der Waals surface area contributed by atoms with E-state index in [1.807, 2.05) is 13.0 Å². The van der Waals surface area contributed by atoms with Gasteiger partial charge in [0.05, 0.1) is 29.7 Å². The largest absolute Gasteiger partial charge is 0.419 e. The molecule has 1 aromatic carbocycles. The Kier molecular flexibility index (Phi) is 5.67. The first-order valence-corrected chi connectivity index (χ1v) is 11.7. The van der Waals surface area contributed by atoms with Crippen molar-refractivity contribution in [1.29, 1.82) is 0 Å². The molecule has 5 rings (SSSR count). The molecule has 1 saturated carbocycles. The third-order valence-corrected chi connectivity index (χ3v) is 7.74. The maximum atomic E-state index is 14.7. The lowest BCUT2D eigenvalue weighted by Crippen LogP contribution is -2.51. The minimum absolute atomic E-state index is 0.0450. The van der Waals surface area contributed by atoms with E-state index in [1.165, 1.54) is 11.3 Å². The van der Waals surface area contributed by atoms with Gasteiger partial charge in [-0.05, 0) is 49.9 Å². The van der Waals surface area contributed by atoms with Gasteiger partial charge in [-0.15, -0.1) is 11.3 Å². The van der Waals surface area contributed by atoms with Gasteiger partial charge in [0, 0.05) is 22.4 Å². The number of carbonyl (C=O) groups is 2. The number of likely N-dealkylation sites (tertiary alicyclic amines) is 1. The second-order valence-corrected chi connectivity index (χ2v) is 10.4. The number of thiophene rings is 1. The highest BCUT2D eigenvalue weighted by molar-refractivity contribution is 7.13. The van der Waals surface area contributed by atoms with Gasteiger partial charge in [-0.2, -0.15) is 13.2 Å². The maximum absolute atomic E-state index is 14.7. The third-order valence-electron chi connectivity index (χ3n) is 6.75. The Bertz CT molecular complexity index is 1150. The minimum Gasteiger partial charge on any atom is -0.381 e. The number of fused-ring (bicyclic) bond motifs is 1. The Hall–Kier alpha value is -2.53. The Morgan fingerprint density at radius 1 is 1.15 bits per heavy atom. The van der Waals surface area contributed by atoms with Gasteiger partial charge in [-0.1, -0.05) is 0 Å². The number of piperidine rings is 1. The Morgan fingerprint density at radius 2 is 1.88 bits per heavy atom. The minimum atomic E-state index is -5.05. The van der Waals surface area contributed by atoms with Crippen molar-refractivity contribution in [2.24, 2.45) is 11.8 Å². The van der Waals surface area contributed by atoms with Crippen LogP contribution in [0.25, 0.3) is 0 Å². The van der Waals surface area contributed by atoms with Crippen LogP contribution in [0.5, 0.6) is 0 Å². The molecule has 0 bridgehead atoms. The Balaban J connectivity index is 1.40. The highest BCUT2D eigenvalue weighted by Crippen LogP contribution is 2.49. The van der Waals surface area contributed by atoms with Crippen molar-refractivity contribution in [1.82, 2.24) is 10.2 Å². The molecule has 2 aromatic rings. The molecule has 3 fully saturated rings. The number of nitrogens with one attached hydrogen (secondary N) is 1. The summed E-state index contributed by atoms with van der Waals surface area (Å²) in [5, 5.41) is 2.69. The van der Waals surface area contributed by atoms with Gasteiger partial charge in [-0.25, -0.2) is 8.78 Å². The molecule has 4 atom stereocenters. The zero-order valence-corrected chi connectivity index (χ0v) is 18.8. The lowest BCUT2D eigenvalue weighted by Gasteiger charge is -2.36. The SMILES string of the molecule is Cc1ccc(C(=O)N2[C@@H](C(=O)NC(c3cc(F)c(C(F)(F)F)cc3F)C3COC3)C[C@H]3C[C@H]32)s1. The number of alkyl halides is 3. The van der Waals surface area contributed by atoms with E-state index < -0.39 is 47.3 Å². The van der Waals surface area contributed by atoms with Crippen LogP contribution >= 0.6 is 11.3 Å². The summed E-state index contributed by atoms with van der Waals surface area (Å²) in [5.74, 6) is -3.90. The summed E-state index contributed by atoms with van der Waals surface area (Å²) < 4.78 is 73.0. The second kappa shape index (κ2) is 8.30. The van der Waals surface area contributed by atoms with Crippen LogP contribution in [0.1, 0.15) is 44.6 Å². The van der Waals surface area contributed by atoms with Gasteiger partial charge in [0.1, 0.15) is 17.7 Å². The molecule has 3 aliphatic rings. The van der Waals surface area contributed by atoms with E-state index in [0.717, 1.165) is 11.3 Å². The van der Waals surface area contributed by atoms with E-state index in [4.69, 9.17) is 4.74 Å². The molecule has 5 nitrogen and oxygen atoms in total. The number of hydrogen-bond donors (Lipinski definition) is 1. The molecule has 1 aromatic heterocycles. The van der Waals surface area contributed by atoms with E-state index in [9.17, 15) is 31.5 Å². The first kappa shape index (κ1) is 23.2. The summed E-state index contributed by atoms with van der Waals surface area (Å²) in [5.41, 5.74) is -2.08. The maximum Gasteiger partial charge on any atom is 0.419 e. The van der Waals surface area contributed by atoms with Crippen molar-refractivity contribution >= 4 is 23.2 Å². The van der Waals surface area contributed by atoms with E-state index in [0.29, 0.717) is 17.4 Å². The van der Waals surface area contributed by atoms with Gasteiger partial charge in [0.15, 0.2) is 0 Å². The highest BCUT2D eigenvalue weighted by Gasteiger charge is 2.56. The number of amides is 2. The van der Waals surface area contributed by atoms with E-state index >= 15 is 0 Å². The predicted octanol–water partition coefficient (Wildman–Crippen LogP) is 4.46. The molecule has 34 heavy (non-hydrogen) atoms. The average Bonchev–Trinajstić information content (AvgIpc) is 3.16. The molecule has 1 N–H and O–H groups in total. The topological polar surface area (TPSA) is 58.6 Å². The Labute approximate surface area is 195 Å². The van der Waals surface area contributed by atoms with Crippen molar-refractivity contribution in [3.8, 4) is 0 Å². The van der Waals surface area contributed by atoms with Gasteiger partial charge in [0.2, 0.25) is 5.91 Å². The fourth-order valence-corrected chi connectivity index (χ4v) is 5.63. The number of halogens is 5. The number of carbonyl (C=O) groups excluding carboxylic acids is 2. The van der Waals surface area contributed by atoms with E-state index in [-0.39, 0.29) is 42.7 Å². The number of benzene rings is 1. The van der Waals surface area contributed by atoms with Crippen LogP contribution in [0.4, 0.5) is 22.0 Å². The molecule has 0 radical (unpaired) electrons. The molecule has 1 unspecified atom stereocenters. The van der Waals surface area contributed by atoms with Gasteiger partial charge in [-0.3, -0.25) is 9.59 Å². The lowest BCUT2D eigenvalue weighted by molar-refractivity contribution is -0.140. The standard InChI is InChI=1S/C23H21F5N2O3S/c1-10-2-3-19(34-10)22(32)30-17-4-11(17)5-18(30)21(31)29-20(12-8-33-9-12)13-6-16(25)14(7-15(13)24)23(26,27)28/h2-3,6-7,11-12,17-18,20H,4-5,8-9H2,1H3,(H,29,31)/t11-,17-,18-,20?/m1/s1. The zero-order valence-electron chi connectivity index (χ0n) is 18.0. The molecule has 3 heterocycles. The van der Waals surface area contributed by atoms with Gasteiger partial charge < -0.3 is 15.0 Å². The van der Waals surface area contributed by atoms with Gasteiger partial charge >= 0.3 is 6.18 Å². The van der Waals surface area contributed by atoms with Crippen LogP contribution in [0.2, 0.25) is 0 Å². The van der Waals surface area contributed by atoms with E-state index in [2.05, 4.69) is 5.32 Å². The molecule has 2 amide bonds. The van der Waals surface area contributed by atoms with Crippen LogP contribution in [0, 0.1) is 30.4 Å². The number of hydrogen-bond acceptors (Lipinski definition) is 4. The second-order valence-electron chi connectivity index (χ2n) is 9.07. The number of aryl methyl sites for hydroxylation is 1. The molecule has 0 spiro atoms. The summed E-state index contributed by atoms with van der Waals surface area (Å²) in [7, 11) is 0. The van der Waals surface area contributed by atoms with Crippen molar-refractivity contribution < 1.29 is 36.3 Å². The molecule has 182 valence electrons. The number of nitrogens with zero attached hydrogens (tertiary/aromatic N) is 1. The highest BCUT2D eigenvalue weighted by atomic mass is 32.1. The fraction of sp³-hybridized carbons (Fsp3) is 0.478. The fourth-order valence-electron chi connectivity index (χ4n) is 4.82. The molecule has 1 aliphatic carbocycles. The monoisotopic (exact) mass is 500 g/mol. The smallest absolute Gasteiger partial charge is 0.381 e. The first-order valence-electron chi connectivity index (χ1n) is 10.9. The number of ether oxygens (including phenoxy) is 1. The lowest BCUT2D eigenvalue weighted by atomic mass is 9.89. The summed E-state index contributed by atoms with van der Waals surface area (Å²) >= 11 is 1.33. The first-order chi connectivity index (χ1) is 16.0. The van der Waals surface area contributed by atoms with Crippen LogP contribution in [-0.4, -0.2) is 42.0 Å². The van der Waals surface area contributed by atoms with Crippen LogP contribution in [0.15, 0.2) is 24.3 Å². The van der Waals surface area contributed by atoms with Crippen LogP contribution in [0.3, 0.4) is 0 Å². The average molecular weight is 500 g/mol. The number of rotatable bonds is 5. The molecule has 11 heteroatoms. The normalized spacial score (nSPS) is 25.0. The Morgan fingerprint density at radius 3 is 2.47 bits per heavy atom. The summed E-state index contributed by atoms with van der Waals surface area (Å²) in [4.78, 5) is 29.4. The zero-order chi connectivity index (χ0) is 24.4. The van der Waals surface area contributed by atoms with Crippen LogP contribution in [-0.2, 0) is 15.7 Å². The quantitative estimate of drug-likeness (QED) is 0.617. The molecular weight excluding hydrogens is 479 g/mol. The van der Waals surface area contributed by atoms with Gasteiger partial charge in [0.25, 0.3) is 5.91 Å². The van der Waals surface area contributed by atoms with E-state index in [1.54, 1.807) is 11.0 Å². The van der Waals surface area contributed by atoms with Crippen molar-refractivity contribution in [2.45, 2.75) is 44.1 Å². The third kappa shape index (κ3) is 4.08. The predicted molar refractivity (Wildman–Crippen MR) is 112 cm³/mol. The van der Waals surface area contributed by atoms with Crippen LogP contribution < -0.4 is 5.32 Å². The summed E-state index contributed by atoms with van der Waals surface area (Å²) in [6.45, 7) is 2.15.